The summed E-state index contributed by atoms with van der Waals surface area (Å²) < 4.78 is 37.3. The summed E-state index contributed by atoms with van der Waals surface area (Å²) in [5.74, 6) is 0. The molecule has 0 saturated carbocycles. The number of benzene rings is 2. The van der Waals surface area contributed by atoms with Crippen molar-refractivity contribution < 1.29 is 13.2 Å². The topological polar surface area (TPSA) is 26.0 Å². The minimum atomic E-state index is -4.29. The second-order valence-electron chi connectivity index (χ2n) is 4.49. The summed E-state index contributed by atoms with van der Waals surface area (Å²) in [7, 11) is 0. The molecule has 0 saturated heterocycles. The maximum Gasteiger partial charge on any atom is 0.416 e. The molecule has 0 aromatic heterocycles. The van der Waals surface area contributed by atoms with Crippen LogP contribution in [0.4, 0.5) is 13.2 Å². The average Bonchev–Trinajstić information content (AvgIpc) is 2.38. The summed E-state index contributed by atoms with van der Waals surface area (Å²) in [6.07, 6.45) is -4.29. The van der Waals surface area contributed by atoms with Crippen molar-refractivity contribution in [1.82, 2.24) is 0 Å². The number of rotatable bonds is 2. The second kappa shape index (κ2) is 6.29. The Kier molecular flexibility index (Phi) is 5.20. The molecule has 20 heavy (non-hydrogen) atoms. The van der Waals surface area contributed by atoms with Gasteiger partial charge in [0.15, 0.2) is 0 Å². The molecule has 5 heteroatoms. The van der Waals surface area contributed by atoms with Crippen molar-refractivity contribution in [3.8, 4) is 11.1 Å². The third kappa shape index (κ3) is 3.74. The van der Waals surface area contributed by atoms with E-state index in [2.05, 4.69) is 0 Å². The average molecular weight is 302 g/mol. The highest BCUT2D eigenvalue weighted by atomic mass is 35.5. The molecule has 0 bridgehead atoms. The van der Waals surface area contributed by atoms with E-state index in [1.54, 1.807) is 0 Å². The fourth-order valence-corrected chi connectivity index (χ4v) is 1.83. The standard InChI is InChI=1S/C15H14F3N.ClH/c1-10(19)11-2-4-12(5-3-11)13-6-8-14(9-7-13)15(16,17)18;/h2-10H,19H2,1H3;1H/t10-;/m1./s1. The van der Waals surface area contributed by atoms with Gasteiger partial charge in [-0.25, -0.2) is 0 Å². The van der Waals surface area contributed by atoms with Gasteiger partial charge in [0.05, 0.1) is 5.56 Å². The predicted molar refractivity (Wildman–Crippen MR) is 76.7 cm³/mol. The normalized spacial score (nSPS) is 12.7. The molecule has 0 aliphatic heterocycles. The van der Waals surface area contributed by atoms with E-state index in [4.69, 9.17) is 5.73 Å². The van der Waals surface area contributed by atoms with E-state index in [-0.39, 0.29) is 18.4 Å². The van der Waals surface area contributed by atoms with Gasteiger partial charge in [0.1, 0.15) is 0 Å². The van der Waals surface area contributed by atoms with E-state index < -0.39 is 11.7 Å². The van der Waals surface area contributed by atoms with Crippen LogP contribution in [0.1, 0.15) is 24.1 Å². The fraction of sp³-hybridized carbons (Fsp3) is 0.200. The monoisotopic (exact) mass is 301 g/mol. The first-order chi connectivity index (χ1) is 8.88. The van der Waals surface area contributed by atoms with Crippen LogP contribution in [0.5, 0.6) is 0 Å². The van der Waals surface area contributed by atoms with Gasteiger partial charge in [-0.3, -0.25) is 0 Å². The van der Waals surface area contributed by atoms with Crippen LogP contribution in [0.25, 0.3) is 11.1 Å². The van der Waals surface area contributed by atoms with Gasteiger partial charge in [-0.2, -0.15) is 13.2 Å². The molecule has 0 aliphatic rings. The van der Waals surface area contributed by atoms with E-state index in [1.165, 1.54) is 12.1 Å². The molecule has 2 N–H and O–H groups in total. The lowest BCUT2D eigenvalue weighted by molar-refractivity contribution is -0.137. The van der Waals surface area contributed by atoms with Crippen molar-refractivity contribution in [2.45, 2.75) is 19.1 Å². The molecule has 2 aromatic rings. The Morgan fingerprint density at radius 1 is 0.850 bits per heavy atom. The van der Waals surface area contributed by atoms with Gasteiger partial charge < -0.3 is 5.73 Å². The van der Waals surface area contributed by atoms with Crippen LogP contribution in [0.15, 0.2) is 48.5 Å². The first-order valence-corrected chi connectivity index (χ1v) is 5.91. The summed E-state index contributed by atoms with van der Waals surface area (Å²) in [5.41, 5.74) is 7.73. The molecule has 0 amide bonds. The quantitative estimate of drug-likeness (QED) is 0.846. The molecular formula is C15H15ClF3N. The van der Waals surface area contributed by atoms with E-state index in [9.17, 15) is 13.2 Å². The highest BCUT2D eigenvalue weighted by molar-refractivity contribution is 5.85. The van der Waals surface area contributed by atoms with Crippen molar-refractivity contribution in [3.63, 3.8) is 0 Å². The minimum Gasteiger partial charge on any atom is -0.324 e. The minimum absolute atomic E-state index is 0. The first kappa shape index (κ1) is 16.5. The van der Waals surface area contributed by atoms with Crippen LogP contribution < -0.4 is 5.73 Å². The molecule has 0 spiro atoms. The molecule has 1 nitrogen and oxygen atoms in total. The summed E-state index contributed by atoms with van der Waals surface area (Å²) in [6.45, 7) is 1.88. The SMILES string of the molecule is C[C@@H](N)c1ccc(-c2ccc(C(F)(F)F)cc2)cc1.Cl. The molecule has 2 rings (SSSR count). The van der Waals surface area contributed by atoms with Crippen LogP contribution in [-0.2, 0) is 6.18 Å². The smallest absolute Gasteiger partial charge is 0.324 e. The van der Waals surface area contributed by atoms with Crippen molar-refractivity contribution >= 4 is 12.4 Å². The zero-order valence-electron chi connectivity index (χ0n) is 10.8. The maximum absolute atomic E-state index is 12.4. The van der Waals surface area contributed by atoms with Crippen LogP contribution in [0.3, 0.4) is 0 Å². The molecule has 0 unspecified atom stereocenters. The predicted octanol–water partition coefficient (Wildman–Crippen LogP) is 4.81. The van der Waals surface area contributed by atoms with Crippen molar-refractivity contribution in [2.75, 3.05) is 0 Å². The maximum atomic E-state index is 12.4. The lowest BCUT2D eigenvalue weighted by Gasteiger charge is -2.09. The Labute approximate surface area is 122 Å². The lowest BCUT2D eigenvalue weighted by Crippen LogP contribution is -2.04. The molecule has 0 fully saturated rings. The second-order valence-corrected chi connectivity index (χ2v) is 4.49. The highest BCUT2D eigenvalue weighted by Crippen LogP contribution is 2.31. The van der Waals surface area contributed by atoms with Gasteiger partial charge in [-0.1, -0.05) is 36.4 Å². The number of hydrogen-bond donors (Lipinski definition) is 1. The first-order valence-electron chi connectivity index (χ1n) is 5.91. The van der Waals surface area contributed by atoms with E-state index >= 15 is 0 Å². The number of alkyl halides is 3. The molecule has 0 aliphatic carbocycles. The Hall–Kier alpha value is -1.52. The lowest BCUT2D eigenvalue weighted by atomic mass is 10.0. The molecule has 0 radical (unpaired) electrons. The third-order valence-corrected chi connectivity index (χ3v) is 2.98. The van der Waals surface area contributed by atoms with Gasteiger partial charge in [-0.15, -0.1) is 12.4 Å². The molecular weight excluding hydrogens is 287 g/mol. The molecule has 2 aromatic carbocycles. The highest BCUT2D eigenvalue weighted by Gasteiger charge is 2.29. The van der Waals surface area contributed by atoms with Crippen molar-refractivity contribution in [3.05, 3.63) is 59.7 Å². The van der Waals surface area contributed by atoms with E-state index in [1.807, 2.05) is 31.2 Å². The summed E-state index contributed by atoms with van der Waals surface area (Å²) in [4.78, 5) is 0. The zero-order chi connectivity index (χ0) is 14.0. The Morgan fingerprint density at radius 2 is 1.25 bits per heavy atom. The van der Waals surface area contributed by atoms with Crippen LogP contribution in [0.2, 0.25) is 0 Å². The number of halogens is 4. The summed E-state index contributed by atoms with van der Waals surface area (Å²) in [5, 5.41) is 0. The Morgan fingerprint density at radius 3 is 1.60 bits per heavy atom. The Balaban J connectivity index is 0.00000200. The van der Waals surface area contributed by atoms with Crippen LogP contribution in [0, 0.1) is 0 Å². The molecule has 1 atom stereocenters. The van der Waals surface area contributed by atoms with Crippen LogP contribution in [-0.4, -0.2) is 0 Å². The van der Waals surface area contributed by atoms with Crippen LogP contribution >= 0.6 is 12.4 Å². The molecule has 0 heterocycles. The van der Waals surface area contributed by atoms with Gasteiger partial charge in [0.25, 0.3) is 0 Å². The summed E-state index contributed by atoms with van der Waals surface area (Å²) >= 11 is 0. The van der Waals surface area contributed by atoms with Gasteiger partial charge in [0.2, 0.25) is 0 Å². The zero-order valence-corrected chi connectivity index (χ0v) is 11.6. The van der Waals surface area contributed by atoms with Crippen molar-refractivity contribution in [2.24, 2.45) is 5.73 Å². The largest absolute Gasteiger partial charge is 0.416 e. The van der Waals surface area contributed by atoms with Gasteiger partial charge >= 0.3 is 6.18 Å². The third-order valence-electron chi connectivity index (χ3n) is 2.98. The summed E-state index contributed by atoms with van der Waals surface area (Å²) in [6, 6.07) is 12.6. The van der Waals surface area contributed by atoms with Crippen molar-refractivity contribution in [1.29, 1.82) is 0 Å². The fourth-order valence-electron chi connectivity index (χ4n) is 1.83. The van der Waals surface area contributed by atoms with E-state index in [0.29, 0.717) is 0 Å². The van der Waals surface area contributed by atoms with E-state index in [0.717, 1.165) is 28.8 Å². The number of hydrogen-bond acceptors (Lipinski definition) is 1. The molecule has 108 valence electrons. The van der Waals surface area contributed by atoms with Gasteiger partial charge in [-0.05, 0) is 35.7 Å². The Bertz CT molecular complexity index is 545. The number of nitrogens with two attached hydrogens (primary N) is 1. The van der Waals surface area contributed by atoms with Gasteiger partial charge in [0, 0.05) is 6.04 Å².